The predicted molar refractivity (Wildman–Crippen MR) is 61.1 cm³/mol. The third-order valence-electron chi connectivity index (χ3n) is 3.00. The van der Waals surface area contributed by atoms with Crippen molar-refractivity contribution in [2.45, 2.75) is 12.0 Å². The van der Waals surface area contributed by atoms with Crippen molar-refractivity contribution in [3.05, 3.63) is 23.4 Å². The van der Waals surface area contributed by atoms with E-state index in [1.165, 1.54) is 11.0 Å². The maximum absolute atomic E-state index is 13.4. The Balaban J connectivity index is 2.11. The molecule has 1 saturated heterocycles. The Hall–Kier alpha value is -1.54. The predicted octanol–water partition coefficient (Wildman–Crippen LogP) is 1.34. The molecule has 1 atom stereocenters. The van der Waals surface area contributed by atoms with Crippen LogP contribution >= 0.6 is 11.6 Å². The van der Waals surface area contributed by atoms with Gasteiger partial charge in [0, 0.05) is 6.07 Å². The van der Waals surface area contributed by atoms with E-state index in [2.05, 4.69) is 10.1 Å². The van der Waals surface area contributed by atoms with Crippen molar-refractivity contribution in [2.75, 3.05) is 18.0 Å². The number of anilines is 1. The molecule has 9 heteroatoms. The van der Waals surface area contributed by atoms with Crippen molar-refractivity contribution in [3.63, 3.8) is 0 Å². The quantitative estimate of drug-likeness (QED) is 0.862. The third kappa shape index (κ3) is 1.91. The molecule has 0 amide bonds. The van der Waals surface area contributed by atoms with Gasteiger partial charge in [0.05, 0.1) is 25.0 Å². The van der Waals surface area contributed by atoms with Gasteiger partial charge >= 0.3 is 0 Å². The maximum atomic E-state index is 13.4. The summed E-state index contributed by atoms with van der Waals surface area (Å²) < 4.78 is 40.9. The van der Waals surface area contributed by atoms with E-state index in [9.17, 15) is 18.3 Å². The molecule has 19 heavy (non-hydrogen) atoms. The highest BCUT2D eigenvalue weighted by Crippen LogP contribution is 2.33. The van der Waals surface area contributed by atoms with Gasteiger partial charge in [-0.15, -0.1) is 0 Å². The van der Waals surface area contributed by atoms with Crippen LogP contribution in [0.15, 0.2) is 12.3 Å². The topological polar surface area (TPSA) is 53.7 Å². The number of imidazole rings is 1. The van der Waals surface area contributed by atoms with Crippen molar-refractivity contribution in [1.82, 2.24) is 14.6 Å². The molecule has 1 N–H and O–H groups in total. The van der Waals surface area contributed by atoms with Crippen LogP contribution in [0.4, 0.5) is 18.9 Å². The van der Waals surface area contributed by atoms with Gasteiger partial charge in [-0.2, -0.15) is 14.0 Å². The minimum atomic E-state index is -3.22. The molecule has 1 aliphatic rings. The van der Waals surface area contributed by atoms with Gasteiger partial charge in [0.1, 0.15) is 6.10 Å². The highest BCUT2D eigenvalue weighted by atomic mass is 35.5. The van der Waals surface area contributed by atoms with Crippen LogP contribution in [0.25, 0.3) is 5.65 Å². The standard InChI is InChI=1S/C10H8ClF3N4O/c11-7-1-5(9-15-2-8(12)18(9)16-7)17-3-6(19)10(13,14)4-17/h1-2,6,19H,3-4H2/t6-/m0/s1. The molecule has 1 aliphatic heterocycles. The van der Waals surface area contributed by atoms with E-state index >= 15 is 0 Å². The van der Waals surface area contributed by atoms with Gasteiger partial charge in [-0.25, -0.2) is 13.8 Å². The monoisotopic (exact) mass is 292 g/mol. The zero-order valence-electron chi connectivity index (χ0n) is 9.39. The Morgan fingerprint density at radius 2 is 2.21 bits per heavy atom. The summed E-state index contributed by atoms with van der Waals surface area (Å²) in [5, 5.41) is 12.9. The Bertz CT molecular complexity index is 647. The molecule has 0 aromatic carbocycles. The Morgan fingerprint density at radius 1 is 1.47 bits per heavy atom. The molecule has 0 saturated carbocycles. The molecule has 1 fully saturated rings. The van der Waals surface area contributed by atoms with Crippen molar-refractivity contribution >= 4 is 22.9 Å². The molecule has 102 valence electrons. The number of aromatic nitrogens is 3. The summed E-state index contributed by atoms with van der Waals surface area (Å²) in [6.07, 6.45) is -0.855. The van der Waals surface area contributed by atoms with E-state index in [-0.39, 0.29) is 23.0 Å². The third-order valence-corrected chi connectivity index (χ3v) is 3.18. The lowest BCUT2D eigenvalue weighted by molar-refractivity contribution is -0.0712. The minimum Gasteiger partial charge on any atom is -0.385 e. The van der Waals surface area contributed by atoms with Gasteiger partial charge in [0.15, 0.2) is 10.8 Å². The first-order valence-corrected chi connectivity index (χ1v) is 5.77. The van der Waals surface area contributed by atoms with E-state index in [4.69, 9.17) is 11.6 Å². The Morgan fingerprint density at radius 3 is 2.84 bits per heavy atom. The van der Waals surface area contributed by atoms with E-state index in [1.54, 1.807) is 0 Å². The van der Waals surface area contributed by atoms with Crippen molar-refractivity contribution in [2.24, 2.45) is 0 Å². The normalized spacial score (nSPS) is 22.4. The summed E-state index contributed by atoms with van der Waals surface area (Å²) in [4.78, 5) is 4.98. The fourth-order valence-corrected chi connectivity index (χ4v) is 2.26. The average Bonchev–Trinajstić information content (AvgIpc) is 2.81. The second-order valence-corrected chi connectivity index (χ2v) is 4.71. The lowest BCUT2D eigenvalue weighted by atomic mass is 10.2. The second-order valence-electron chi connectivity index (χ2n) is 4.33. The first-order valence-electron chi connectivity index (χ1n) is 5.39. The fraction of sp³-hybridized carbons (Fsp3) is 0.400. The first kappa shape index (κ1) is 12.5. The molecule has 5 nitrogen and oxygen atoms in total. The summed E-state index contributed by atoms with van der Waals surface area (Å²) in [6, 6.07) is 1.32. The maximum Gasteiger partial charge on any atom is 0.292 e. The molecule has 2 aromatic rings. The number of halogens is 4. The zero-order valence-corrected chi connectivity index (χ0v) is 10.2. The minimum absolute atomic E-state index is 0.0518. The van der Waals surface area contributed by atoms with Crippen molar-refractivity contribution in [1.29, 1.82) is 0 Å². The highest BCUT2D eigenvalue weighted by molar-refractivity contribution is 6.29. The fourth-order valence-electron chi connectivity index (χ4n) is 2.08. The molecule has 0 bridgehead atoms. The number of aliphatic hydroxyl groups is 1. The summed E-state index contributed by atoms with van der Waals surface area (Å²) in [5.74, 6) is -3.97. The molecule has 3 rings (SSSR count). The summed E-state index contributed by atoms with van der Waals surface area (Å²) in [5.41, 5.74) is 0.284. The van der Waals surface area contributed by atoms with E-state index in [0.29, 0.717) is 0 Å². The number of fused-ring (bicyclic) bond motifs is 1. The van der Waals surface area contributed by atoms with Gasteiger partial charge in [0.2, 0.25) is 5.95 Å². The van der Waals surface area contributed by atoms with Gasteiger partial charge in [-0.1, -0.05) is 11.6 Å². The molecular weight excluding hydrogens is 285 g/mol. The highest BCUT2D eigenvalue weighted by Gasteiger charge is 2.47. The molecule has 0 unspecified atom stereocenters. The lowest BCUT2D eigenvalue weighted by Crippen LogP contribution is -2.31. The number of hydrogen-bond donors (Lipinski definition) is 1. The van der Waals surface area contributed by atoms with Gasteiger partial charge < -0.3 is 10.0 Å². The van der Waals surface area contributed by atoms with Crippen LogP contribution in [0.5, 0.6) is 0 Å². The van der Waals surface area contributed by atoms with Gasteiger partial charge in [-0.05, 0) is 0 Å². The molecule has 0 spiro atoms. The van der Waals surface area contributed by atoms with Crippen LogP contribution in [0, 0.1) is 5.95 Å². The van der Waals surface area contributed by atoms with Crippen LogP contribution in [-0.4, -0.2) is 44.8 Å². The van der Waals surface area contributed by atoms with Crippen LogP contribution in [0.1, 0.15) is 0 Å². The number of β-amino-alcohol motifs (C(OH)–C–C–N with tert-alkyl or cyclic N) is 1. The van der Waals surface area contributed by atoms with Crippen molar-refractivity contribution < 1.29 is 18.3 Å². The first-order chi connectivity index (χ1) is 8.88. The van der Waals surface area contributed by atoms with Gasteiger partial charge in [0.25, 0.3) is 5.92 Å². The van der Waals surface area contributed by atoms with Crippen LogP contribution in [0.3, 0.4) is 0 Å². The molecule has 2 aromatic heterocycles. The molecular formula is C10H8ClF3N4O. The Kier molecular flexibility index (Phi) is 2.61. The summed E-state index contributed by atoms with van der Waals surface area (Å²) in [7, 11) is 0. The molecule has 0 radical (unpaired) electrons. The largest absolute Gasteiger partial charge is 0.385 e. The number of nitrogens with zero attached hydrogens (tertiary/aromatic N) is 4. The van der Waals surface area contributed by atoms with Crippen LogP contribution in [0.2, 0.25) is 5.15 Å². The smallest absolute Gasteiger partial charge is 0.292 e. The molecule has 3 heterocycles. The van der Waals surface area contributed by atoms with E-state index < -0.39 is 24.5 Å². The van der Waals surface area contributed by atoms with E-state index in [1.807, 2.05) is 0 Å². The van der Waals surface area contributed by atoms with Crippen molar-refractivity contribution in [3.8, 4) is 0 Å². The number of aliphatic hydroxyl groups excluding tert-OH is 1. The number of alkyl halides is 2. The number of hydrogen-bond acceptors (Lipinski definition) is 4. The molecule has 0 aliphatic carbocycles. The van der Waals surface area contributed by atoms with E-state index in [0.717, 1.165) is 10.7 Å². The SMILES string of the molecule is O[C@H]1CN(c2cc(Cl)nn3c(F)cnc23)CC1(F)F. The second kappa shape index (κ2) is 3.97. The lowest BCUT2D eigenvalue weighted by Gasteiger charge is -2.18. The van der Waals surface area contributed by atoms with Crippen LogP contribution in [-0.2, 0) is 0 Å². The zero-order chi connectivity index (χ0) is 13.8. The van der Waals surface area contributed by atoms with Crippen LogP contribution < -0.4 is 4.90 Å². The number of rotatable bonds is 1. The summed E-state index contributed by atoms with van der Waals surface area (Å²) >= 11 is 5.74. The summed E-state index contributed by atoms with van der Waals surface area (Å²) in [6.45, 7) is -0.962. The Labute approximate surface area is 110 Å². The average molecular weight is 293 g/mol. The van der Waals surface area contributed by atoms with Gasteiger partial charge in [-0.3, -0.25) is 0 Å².